The number of fused-ring (bicyclic) bond motifs is 6. The third kappa shape index (κ3) is 5.00. The first-order valence-electron chi connectivity index (χ1n) is 19.6. The van der Waals surface area contributed by atoms with Crippen molar-refractivity contribution in [1.29, 1.82) is 0 Å². The molecule has 0 amide bonds. The van der Waals surface area contributed by atoms with Crippen molar-refractivity contribution in [2.24, 2.45) is 0 Å². The summed E-state index contributed by atoms with van der Waals surface area (Å²) in [5.74, 6) is 1.93. The number of anilines is 3. The lowest BCUT2D eigenvalue weighted by Crippen LogP contribution is -2.16. The van der Waals surface area contributed by atoms with E-state index in [9.17, 15) is 0 Å². The number of hydrogen-bond acceptors (Lipinski definition) is 4. The predicted octanol–water partition coefficient (Wildman–Crippen LogP) is 13.7. The van der Waals surface area contributed by atoms with Crippen LogP contribution in [0.1, 0.15) is 0 Å². The smallest absolute Gasteiger partial charge is 0.164 e. The molecule has 0 spiro atoms. The van der Waals surface area contributed by atoms with E-state index in [1.54, 1.807) is 0 Å². The average Bonchev–Trinajstić information content (AvgIpc) is 3.62. The van der Waals surface area contributed by atoms with Crippen LogP contribution in [0.4, 0.5) is 17.1 Å². The van der Waals surface area contributed by atoms with Gasteiger partial charge in [0, 0.05) is 49.8 Å². The van der Waals surface area contributed by atoms with Crippen LogP contribution in [0.5, 0.6) is 0 Å². The molecule has 12 rings (SSSR count). The van der Waals surface area contributed by atoms with Crippen molar-refractivity contribution in [3.05, 3.63) is 200 Å². The quantitative estimate of drug-likeness (QED) is 0.176. The predicted molar refractivity (Wildman–Crippen MR) is 239 cm³/mol. The van der Waals surface area contributed by atoms with Crippen LogP contribution in [-0.4, -0.2) is 19.5 Å². The molecule has 1 aliphatic heterocycles. The van der Waals surface area contributed by atoms with Gasteiger partial charge in [0.15, 0.2) is 17.5 Å². The minimum Gasteiger partial charge on any atom is -0.309 e. The van der Waals surface area contributed by atoms with Crippen LogP contribution in [0, 0.1) is 0 Å². The molecule has 11 aromatic rings. The summed E-state index contributed by atoms with van der Waals surface area (Å²) in [6.07, 6.45) is 0. The molecule has 0 radical (unpaired) electrons. The number of hydrogen-bond donors (Lipinski definition) is 0. The van der Waals surface area contributed by atoms with Gasteiger partial charge in [-0.2, -0.15) is 0 Å². The van der Waals surface area contributed by atoms with E-state index in [-0.39, 0.29) is 0 Å². The Morgan fingerprint density at radius 3 is 1.67 bits per heavy atom. The van der Waals surface area contributed by atoms with Crippen LogP contribution < -0.4 is 4.90 Å². The summed E-state index contributed by atoms with van der Waals surface area (Å²) in [6.45, 7) is 0. The molecule has 0 N–H and O–H groups in total. The first-order chi connectivity index (χ1) is 28.8. The molecule has 0 unspecified atom stereocenters. The number of para-hydroxylation sites is 2. The first kappa shape index (κ1) is 32.4. The van der Waals surface area contributed by atoms with E-state index in [0.717, 1.165) is 50.2 Å². The van der Waals surface area contributed by atoms with E-state index in [4.69, 9.17) is 15.0 Å². The highest BCUT2D eigenvalue weighted by Gasteiger charge is 2.29. The van der Waals surface area contributed by atoms with Gasteiger partial charge in [0.1, 0.15) is 0 Å². The van der Waals surface area contributed by atoms with Crippen molar-refractivity contribution in [2.45, 2.75) is 0 Å². The summed E-state index contributed by atoms with van der Waals surface area (Å²) in [5.41, 5.74) is 12.0. The molecular formula is C53H33N5. The van der Waals surface area contributed by atoms with Gasteiger partial charge in [-0.15, -0.1) is 0 Å². The number of benzene rings is 9. The van der Waals surface area contributed by atoms with E-state index in [0.29, 0.717) is 17.5 Å². The Labute approximate surface area is 334 Å². The third-order valence-electron chi connectivity index (χ3n) is 11.5. The maximum Gasteiger partial charge on any atom is 0.164 e. The first-order valence-corrected chi connectivity index (χ1v) is 19.6. The maximum atomic E-state index is 5.14. The molecule has 2 aromatic heterocycles. The summed E-state index contributed by atoms with van der Waals surface area (Å²) in [6, 6.07) is 71.1. The van der Waals surface area contributed by atoms with Gasteiger partial charge in [-0.3, -0.25) is 0 Å². The van der Waals surface area contributed by atoms with E-state index in [2.05, 4.69) is 173 Å². The van der Waals surface area contributed by atoms with E-state index in [1.807, 2.05) is 36.4 Å². The van der Waals surface area contributed by atoms with Crippen molar-refractivity contribution < 1.29 is 0 Å². The normalized spacial score (nSPS) is 12.1. The van der Waals surface area contributed by atoms with Crippen LogP contribution in [0.15, 0.2) is 200 Å². The zero-order chi connectivity index (χ0) is 38.2. The second kappa shape index (κ2) is 12.8. The SMILES string of the molecule is c1ccc(-c2nc(-c3ccccc3)nc(-c3ccc4c5c(cccc35)-c3ccc(-n5c6ccccc6c6cc7ccccc7cc65)cc3N4c3ccccc3)n2)cc1. The van der Waals surface area contributed by atoms with Gasteiger partial charge in [0.2, 0.25) is 0 Å². The highest BCUT2D eigenvalue weighted by atomic mass is 15.2. The van der Waals surface area contributed by atoms with Crippen molar-refractivity contribution in [2.75, 3.05) is 4.90 Å². The molecule has 0 fully saturated rings. The summed E-state index contributed by atoms with van der Waals surface area (Å²) < 4.78 is 2.43. The van der Waals surface area contributed by atoms with E-state index >= 15 is 0 Å². The Balaban J connectivity index is 1.10. The second-order valence-electron chi connectivity index (χ2n) is 14.8. The fourth-order valence-corrected chi connectivity index (χ4v) is 8.91. The number of nitrogens with zero attached hydrogens (tertiary/aromatic N) is 5. The molecule has 0 saturated heterocycles. The molecule has 0 bridgehead atoms. The van der Waals surface area contributed by atoms with Crippen LogP contribution in [-0.2, 0) is 0 Å². The van der Waals surface area contributed by atoms with Gasteiger partial charge in [0.25, 0.3) is 0 Å². The monoisotopic (exact) mass is 739 g/mol. The van der Waals surface area contributed by atoms with Gasteiger partial charge in [0.05, 0.1) is 22.4 Å². The molecule has 0 saturated carbocycles. The lowest BCUT2D eigenvalue weighted by atomic mass is 9.88. The molecule has 58 heavy (non-hydrogen) atoms. The fraction of sp³-hybridized carbons (Fsp3) is 0. The van der Waals surface area contributed by atoms with Crippen molar-refractivity contribution in [3.8, 4) is 51.0 Å². The zero-order valence-corrected chi connectivity index (χ0v) is 31.3. The van der Waals surface area contributed by atoms with Crippen LogP contribution in [0.25, 0.3) is 94.3 Å². The Morgan fingerprint density at radius 2 is 0.931 bits per heavy atom. The fourth-order valence-electron chi connectivity index (χ4n) is 8.91. The summed E-state index contributed by atoms with van der Waals surface area (Å²) >= 11 is 0. The average molecular weight is 740 g/mol. The molecule has 5 nitrogen and oxygen atoms in total. The molecule has 5 heteroatoms. The van der Waals surface area contributed by atoms with Crippen molar-refractivity contribution in [3.63, 3.8) is 0 Å². The summed E-state index contributed by atoms with van der Waals surface area (Å²) in [4.78, 5) is 17.7. The van der Waals surface area contributed by atoms with Crippen LogP contribution >= 0.6 is 0 Å². The Bertz CT molecular complexity index is 3330. The molecule has 1 aliphatic rings. The molecular weight excluding hydrogens is 707 g/mol. The molecule has 9 aromatic carbocycles. The minimum atomic E-state index is 0.641. The second-order valence-corrected chi connectivity index (χ2v) is 14.8. The number of aromatic nitrogens is 4. The molecule has 3 heterocycles. The van der Waals surface area contributed by atoms with Gasteiger partial charge in [-0.1, -0.05) is 146 Å². The standard InChI is InChI=1S/C53H33N5/c1-4-15-34(16-5-1)51-54-52(35-17-6-2-7-18-35)56-53(55-51)44-29-30-47-50-42(24-14-25-43(44)50)41-28-27-39(33-49(41)57(47)38-21-8-3-9-22-38)58-46-26-13-12-23-40(46)45-31-36-19-10-11-20-37(36)32-48(45)58/h1-33H. The summed E-state index contributed by atoms with van der Waals surface area (Å²) in [5, 5.41) is 7.21. The zero-order valence-electron chi connectivity index (χ0n) is 31.3. The molecule has 0 aliphatic carbocycles. The van der Waals surface area contributed by atoms with Gasteiger partial charge >= 0.3 is 0 Å². The Hall–Kier alpha value is -7.89. The van der Waals surface area contributed by atoms with Gasteiger partial charge in [-0.25, -0.2) is 15.0 Å². The minimum absolute atomic E-state index is 0.641. The Kier molecular flexibility index (Phi) is 7.16. The molecule has 270 valence electrons. The third-order valence-corrected chi connectivity index (χ3v) is 11.5. The largest absolute Gasteiger partial charge is 0.309 e. The Morgan fingerprint density at radius 1 is 0.328 bits per heavy atom. The lowest BCUT2D eigenvalue weighted by Gasteiger charge is -2.34. The highest BCUT2D eigenvalue weighted by Crippen LogP contribution is 2.53. The maximum absolute atomic E-state index is 5.14. The number of rotatable bonds is 5. The summed E-state index contributed by atoms with van der Waals surface area (Å²) in [7, 11) is 0. The highest BCUT2D eigenvalue weighted by molar-refractivity contribution is 6.18. The van der Waals surface area contributed by atoms with E-state index < -0.39 is 0 Å². The van der Waals surface area contributed by atoms with E-state index in [1.165, 1.54) is 43.7 Å². The van der Waals surface area contributed by atoms with Crippen molar-refractivity contribution in [1.82, 2.24) is 19.5 Å². The topological polar surface area (TPSA) is 46.8 Å². The van der Waals surface area contributed by atoms with Crippen molar-refractivity contribution >= 4 is 60.4 Å². The lowest BCUT2D eigenvalue weighted by molar-refractivity contribution is 1.08. The van der Waals surface area contributed by atoms with Crippen LogP contribution in [0.3, 0.4) is 0 Å². The van der Waals surface area contributed by atoms with Gasteiger partial charge in [-0.05, 0) is 76.3 Å². The molecule has 0 atom stereocenters. The van der Waals surface area contributed by atoms with Gasteiger partial charge < -0.3 is 9.47 Å². The van der Waals surface area contributed by atoms with Crippen LogP contribution in [0.2, 0.25) is 0 Å².